The zero-order valence-electron chi connectivity index (χ0n) is 12.2. The molecule has 112 valence electrons. The highest BCUT2D eigenvalue weighted by atomic mass is 32.2. The second kappa shape index (κ2) is 7.26. The molecule has 0 spiro atoms. The molecule has 0 bridgehead atoms. The van der Waals surface area contributed by atoms with Crippen LogP contribution in [0.25, 0.3) is 0 Å². The first kappa shape index (κ1) is 15.6. The molecule has 1 aromatic carbocycles. The van der Waals surface area contributed by atoms with Gasteiger partial charge in [0.25, 0.3) is 0 Å². The molecule has 0 fully saturated rings. The number of hydrogen-bond donors (Lipinski definition) is 1. The lowest BCUT2D eigenvalue weighted by molar-refractivity contribution is -0.133. The van der Waals surface area contributed by atoms with E-state index < -0.39 is 5.97 Å². The van der Waals surface area contributed by atoms with E-state index in [9.17, 15) is 4.79 Å². The van der Waals surface area contributed by atoms with E-state index in [0.29, 0.717) is 5.16 Å². The van der Waals surface area contributed by atoms with Gasteiger partial charge < -0.3 is 9.67 Å². The lowest BCUT2D eigenvalue weighted by Gasteiger charge is -2.09. The molecule has 1 heterocycles. The van der Waals surface area contributed by atoms with Gasteiger partial charge in [0.1, 0.15) is 5.82 Å². The van der Waals surface area contributed by atoms with Crippen LogP contribution in [-0.2, 0) is 24.2 Å². The van der Waals surface area contributed by atoms with Gasteiger partial charge in [-0.15, -0.1) is 10.2 Å². The number of aryl methyl sites for hydroxylation is 3. The minimum atomic E-state index is -0.841. The summed E-state index contributed by atoms with van der Waals surface area (Å²) >= 11 is 1.22. The summed E-state index contributed by atoms with van der Waals surface area (Å²) < 4.78 is 2.02. The summed E-state index contributed by atoms with van der Waals surface area (Å²) in [5.74, 6) is 0.0635. The quantitative estimate of drug-likeness (QED) is 0.796. The van der Waals surface area contributed by atoms with Crippen LogP contribution in [0.5, 0.6) is 0 Å². The molecule has 0 atom stereocenters. The van der Waals surface area contributed by atoms with Gasteiger partial charge in [-0.05, 0) is 18.9 Å². The normalized spacial score (nSPS) is 10.8. The van der Waals surface area contributed by atoms with E-state index in [1.54, 1.807) is 0 Å². The number of thioether (sulfide) groups is 1. The van der Waals surface area contributed by atoms with Crippen LogP contribution in [0.2, 0.25) is 0 Å². The predicted molar refractivity (Wildman–Crippen MR) is 82.6 cm³/mol. The second-order valence-corrected chi connectivity index (χ2v) is 5.77. The predicted octanol–water partition coefficient (Wildman–Crippen LogP) is 2.57. The highest BCUT2D eigenvalue weighted by Gasteiger charge is 2.12. The topological polar surface area (TPSA) is 68.0 Å². The van der Waals surface area contributed by atoms with Gasteiger partial charge in [0.15, 0.2) is 5.16 Å². The van der Waals surface area contributed by atoms with Crippen LogP contribution in [0.15, 0.2) is 29.4 Å². The standard InChI is InChI=1S/C15H19N3O2S/c1-3-13-16-17-15(21-10-14(19)20)18(13)8-7-12-6-4-5-11(2)9-12/h4-6,9H,3,7-8,10H2,1-2H3,(H,19,20). The summed E-state index contributed by atoms with van der Waals surface area (Å²) in [7, 11) is 0. The molecule has 2 rings (SSSR count). The highest BCUT2D eigenvalue weighted by molar-refractivity contribution is 7.99. The van der Waals surface area contributed by atoms with E-state index in [1.165, 1.54) is 22.9 Å². The third-order valence-electron chi connectivity index (χ3n) is 3.14. The summed E-state index contributed by atoms with van der Waals surface area (Å²) in [6.45, 7) is 4.87. The van der Waals surface area contributed by atoms with Crippen molar-refractivity contribution in [3.8, 4) is 0 Å². The summed E-state index contributed by atoms with van der Waals surface area (Å²) in [4.78, 5) is 10.7. The lowest BCUT2D eigenvalue weighted by atomic mass is 10.1. The van der Waals surface area contributed by atoms with E-state index in [-0.39, 0.29) is 5.75 Å². The first-order valence-corrected chi connectivity index (χ1v) is 7.91. The van der Waals surface area contributed by atoms with Crippen molar-refractivity contribution in [1.82, 2.24) is 14.8 Å². The van der Waals surface area contributed by atoms with Crippen LogP contribution in [0.4, 0.5) is 0 Å². The second-order valence-electron chi connectivity index (χ2n) is 4.83. The molecule has 0 saturated carbocycles. The minimum absolute atomic E-state index is 0.00624. The Balaban J connectivity index is 2.10. The van der Waals surface area contributed by atoms with Crippen molar-refractivity contribution in [1.29, 1.82) is 0 Å². The van der Waals surface area contributed by atoms with Crippen LogP contribution in [-0.4, -0.2) is 31.6 Å². The molecule has 1 N–H and O–H groups in total. The Kier molecular flexibility index (Phi) is 5.38. The van der Waals surface area contributed by atoms with Gasteiger partial charge in [0, 0.05) is 13.0 Å². The zero-order chi connectivity index (χ0) is 15.2. The van der Waals surface area contributed by atoms with Crippen molar-refractivity contribution in [3.05, 3.63) is 41.2 Å². The third kappa shape index (κ3) is 4.32. The first-order valence-electron chi connectivity index (χ1n) is 6.92. The van der Waals surface area contributed by atoms with E-state index >= 15 is 0 Å². The van der Waals surface area contributed by atoms with Gasteiger partial charge in [0.2, 0.25) is 0 Å². The Labute approximate surface area is 128 Å². The van der Waals surface area contributed by atoms with Crippen molar-refractivity contribution in [2.24, 2.45) is 0 Å². The SMILES string of the molecule is CCc1nnc(SCC(=O)O)n1CCc1cccc(C)c1. The van der Waals surface area contributed by atoms with Crippen LogP contribution >= 0.6 is 11.8 Å². The number of benzene rings is 1. The molecular weight excluding hydrogens is 286 g/mol. The molecule has 6 heteroatoms. The van der Waals surface area contributed by atoms with Crippen molar-refractivity contribution < 1.29 is 9.90 Å². The van der Waals surface area contributed by atoms with E-state index in [0.717, 1.165) is 25.2 Å². The van der Waals surface area contributed by atoms with Crippen molar-refractivity contribution in [2.75, 3.05) is 5.75 Å². The number of carbonyl (C=O) groups is 1. The van der Waals surface area contributed by atoms with Crippen LogP contribution in [0, 0.1) is 6.92 Å². The molecule has 0 aliphatic carbocycles. The summed E-state index contributed by atoms with van der Waals surface area (Å²) in [5, 5.41) is 17.7. The fraction of sp³-hybridized carbons (Fsp3) is 0.400. The van der Waals surface area contributed by atoms with Crippen molar-refractivity contribution in [2.45, 2.75) is 38.4 Å². The van der Waals surface area contributed by atoms with Crippen LogP contribution < -0.4 is 0 Å². The lowest BCUT2D eigenvalue weighted by Crippen LogP contribution is -2.08. The number of aliphatic carboxylic acids is 1. The molecule has 0 saturated heterocycles. The molecule has 21 heavy (non-hydrogen) atoms. The number of nitrogens with zero attached hydrogens (tertiary/aromatic N) is 3. The number of aromatic nitrogens is 3. The minimum Gasteiger partial charge on any atom is -0.481 e. The molecule has 0 unspecified atom stereocenters. The number of rotatable bonds is 7. The largest absolute Gasteiger partial charge is 0.481 e. The van der Waals surface area contributed by atoms with Gasteiger partial charge in [-0.2, -0.15) is 0 Å². The molecule has 2 aromatic rings. The van der Waals surface area contributed by atoms with Gasteiger partial charge in [-0.25, -0.2) is 0 Å². The molecule has 1 aromatic heterocycles. The Morgan fingerprint density at radius 3 is 2.86 bits per heavy atom. The molecule has 0 aliphatic rings. The smallest absolute Gasteiger partial charge is 0.313 e. The molecule has 5 nitrogen and oxygen atoms in total. The average molecular weight is 305 g/mol. The zero-order valence-corrected chi connectivity index (χ0v) is 13.1. The van der Waals surface area contributed by atoms with Gasteiger partial charge >= 0.3 is 5.97 Å². The summed E-state index contributed by atoms with van der Waals surface area (Å²) in [6.07, 6.45) is 1.67. The number of hydrogen-bond acceptors (Lipinski definition) is 4. The van der Waals surface area contributed by atoms with E-state index in [2.05, 4.69) is 41.4 Å². The maximum atomic E-state index is 10.7. The number of carboxylic acids is 1. The van der Waals surface area contributed by atoms with Gasteiger partial charge in [0.05, 0.1) is 5.75 Å². The Hall–Kier alpha value is -1.82. The first-order chi connectivity index (χ1) is 10.1. The van der Waals surface area contributed by atoms with Crippen LogP contribution in [0.1, 0.15) is 23.9 Å². The summed E-state index contributed by atoms with van der Waals surface area (Å²) in [5.41, 5.74) is 2.51. The van der Waals surface area contributed by atoms with Gasteiger partial charge in [-0.3, -0.25) is 4.79 Å². The van der Waals surface area contributed by atoms with Gasteiger partial charge in [-0.1, -0.05) is 48.5 Å². The Morgan fingerprint density at radius 2 is 2.19 bits per heavy atom. The summed E-state index contributed by atoms with van der Waals surface area (Å²) in [6, 6.07) is 8.40. The van der Waals surface area contributed by atoms with E-state index in [4.69, 9.17) is 5.11 Å². The fourth-order valence-electron chi connectivity index (χ4n) is 2.15. The van der Waals surface area contributed by atoms with Crippen LogP contribution in [0.3, 0.4) is 0 Å². The average Bonchev–Trinajstić information content (AvgIpc) is 2.85. The highest BCUT2D eigenvalue weighted by Crippen LogP contribution is 2.18. The monoisotopic (exact) mass is 305 g/mol. The van der Waals surface area contributed by atoms with Crippen molar-refractivity contribution in [3.63, 3.8) is 0 Å². The maximum Gasteiger partial charge on any atom is 0.313 e. The van der Waals surface area contributed by atoms with E-state index in [1.807, 2.05) is 11.5 Å². The molecular formula is C15H19N3O2S. The molecule has 0 radical (unpaired) electrons. The Bertz CT molecular complexity index is 625. The third-order valence-corrected chi connectivity index (χ3v) is 4.09. The van der Waals surface area contributed by atoms with Crippen molar-refractivity contribution >= 4 is 17.7 Å². The Morgan fingerprint density at radius 1 is 1.38 bits per heavy atom. The number of carboxylic acid groups (broad SMARTS) is 1. The molecule has 0 amide bonds. The molecule has 0 aliphatic heterocycles. The fourth-order valence-corrected chi connectivity index (χ4v) is 2.85. The maximum absolute atomic E-state index is 10.7.